The number of esters is 1. The van der Waals surface area contributed by atoms with E-state index in [1.165, 1.54) is 0 Å². The van der Waals surface area contributed by atoms with Crippen LogP contribution >= 0.6 is 0 Å². The standard InChI is InChI=1S/C24H32N4O4/c1-4-32-24(31)22-16(2)20(17(3)27-22)9-10-21(29)28-12-6-8-19(15-28)23(30)26-14-18-7-5-11-25-13-18/h5,7,11,13,19,27H,4,6,8-10,12,14-15H2,1-3H3,(H,26,30)/t19-/m0/s1. The van der Waals surface area contributed by atoms with Crippen molar-refractivity contribution >= 4 is 17.8 Å². The zero-order valence-electron chi connectivity index (χ0n) is 19.1. The number of aromatic amines is 1. The Hall–Kier alpha value is -3.16. The van der Waals surface area contributed by atoms with Gasteiger partial charge in [0.25, 0.3) is 0 Å². The fourth-order valence-electron chi connectivity index (χ4n) is 4.22. The Bertz CT molecular complexity index is 954. The summed E-state index contributed by atoms with van der Waals surface area (Å²) in [6, 6.07) is 3.76. The van der Waals surface area contributed by atoms with Gasteiger partial charge in [0.2, 0.25) is 11.8 Å². The third-order valence-corrected chi connectivity index (χ3v) is 6.00. The zero-order chi connectivity index (χ0) is 23.1. The van der Waals surface area contributed by atoms with Gasteiger partial charge in [-0.25, -0.2) is 4.79 Å². The summed E-state index contributed by atoms with van der Waals surface area (Å²) in [4.78, 5) is 46.5. The molecule has 0 saturated carbocycles. The Kier molecular flexibility index (Phi) is 8.03. The number of carbonyl (C=O) groups excluding carboxylic acids is 3. The first-order valence-corrected chi connectivity index (χ1v) is 11.2. The lowest BCUT2D eigenvalue weighted by atomic mass is 9.96. The van der Waals surface area contributed by atoms with E-state index >= 15 is 0 Å². The summed E-state index contributed by atoms with van der Waals surface area (Å²) >= 11 is 0. The minimum atomic E-state index is -0.373. The van der Waals surface area contributed by atoms with Crippen LogP contribution in [0.1, 0.15) is 59.1 Å². The molecule has 1 saturated heterocycles. The summed E-state index contributed by atoms with van der Waals surface area (Å²) in [5, 5.41) is 2.96. The molecular formula is C24H32N4O4. The molecule has 1 aliphatic heterocycles. The predicted octanol–water partition coefficient (Wildman–Crippen LogP) is 2.69. The molecule has 3 heterocycles. The molecule has 1 atom stereocenters. The van der Waals surface area contributed by atoms with Crippen LogP contribution in [0.4, 0.5) is 0 Å². The second-order valence-corrected chi connectivity index (χ2v) is 8.21. The van der Waals surface area contributed by atoms with E-state index in [-0.39, 0.29) is 23.7 Å². The fourth-order valence-corrected chi connectivity index (χ4v) is 4.22. The smallest absolute Gasteiger partial charge is 0.355 e. The summed E-state index contributed by atoms with van der Waals surface area (Å²) < 4.78 is 5.09. The number of nitrogens with zero attached hydrogens (tertiary/aromatic N) is 2. The van der Waals surface area contributed by atoms with Crippen molar-refractivity contribution in [3.05, 3.63) is 52.6 Å². The van der Waals surface area contributed by atoms with E-state index in [4.69, 9.17) is 4.74 Å². The number of aromatic nitrogens is 2. The quantitative estimate of drug-likeness (QED) is 0.614. The molecule has 0 bridgehead atoms. The van der Waals surface area contributed by atoms with Crippen LogP contribution in [0.2, 0.25) is 0 Å². The zero-order valence-corrected chi connectivity index (χ0v) is 19.1. The molecule has 0 unspecified atom stereocenters. The summed E-state index contributed by atoms with van der Waals surface area (Å²) in [5.41, 5.74) is 4.09. The number of aryl methyl sites for hydroxylation is 1. The number of amides is 2. The fraction of sp³-hybridized carbons (Fsp3) is 0.500. The number of likely N-dealkylation sites (tertiary alicyclic amines) is 1. The Morgan fingerprint density at radius 1 is 1.31 bits per heavy atom. The van der Waals surface area contributed by atoms with E-state index in [0.717, 1.165) is 35.2 Å². The van der Waals surface area contributed by atoms with Crippen LogP contribution in [0.15, 0.2) is 24.5 Å². The van der Waals surface area contributed by atoms with Crippen LogP contribution in [0, 0.1) is 19.8 Å². The van der Waals surface area contributed by atoms with Crippen LogP contribution < -0.4 is 5.32 Å². The number of rotatable bonds is 8. The van der Waals surface area contributed by atoms with Crippen molar-refractivity contribution in [3.63, 3.8) is 0 Å². The Morgan fingerprint density at radius 2 is 2.12 bits per heavy atom. The average molecular weight is 441 g/mol. The summed E-state index contributed by atoms with van der Waals surface area (Å²) in [7, 11) is 0. The highest BCUT2D eigenvalue weighted by Gasteiger charge is 2.28. The van der Waals surface area contributed by atoms with Gasteiger partial charge in [-0.3, -0.25) is 14.6 Å². The third-order valence-electron chi connectivity index (χ3n) is 6.00. The molecule has 0 spiro atoms. The van der Waals surface area contributed by atoms with Gasteiger partial charge in [-0.1, -0.05) is 6.07 Å². The number of pyridine rings is 1. The highest BCUT2D eigenvalue weighted by Crippen LogP contribution is 2.22. The molecule has 2 aromatic heterocycles. The molecule has 8 nitrogen and oxygen atoms in total. The lowest BCUT2D eigenvalue weighted by molar-refractivity contribution is -0.135. The molecule has 8 heteroatoms. The van der Waals surface area contributed by atoms with E-state index < -0.39 is 0 Å². The van der Waals surface area contributed by atoms with Gasteiger partial charge in [0.1, 0.15) is 5.69 Å². The van der Waals surface area contributed by atoms with E-state index in [2.05, 4.69) is 15.3 Å². The number of hydrogen-bond donors (Lipinski definition) is 2. The molecule has 0 radical (unpaired) electrons. The van der Waals surface area contributed by atoms with Gasteiger partial charge < -0.3 is 19.9 Å². The molecule has 2 N–H and O–H groups in total. The molecule has 2 amide bonds. The van der Waals surface area contributed by atoms with Crippen LogP contribution in [0.3, 0.4) is 0 Å². The molecule has 1 aliphatic rings. The Balaban J connectivity index is 1.53. The minimum absolute atomic E-state index is 0.0252. The lowest BCUT2D eigenvalue weighted by Gasteiger charge is -2.32. The van der Waals surface area contributed by atoms with E-state index in [0.29, 0.717) is 44.8 Å². The number of piperidine rings is 1. The van der Waals surface area contributed by atoms with Crippen molar-refractivity contribution in [2.75, 3.05) is 19.7 Å². The summed E-state index contributed by atoms with van der Waals surface area (Å²) in [6.45, 7) is 7.41. The molecule has 3 rings (SSSR count). The average Bonchev–Trinajstić information content (AvgIpc) is 3.10. The lowest BCUT2D eigenvalue weighted by Crippen LogP contribution is -2.45. The summed E-state index contributed by atoms with van der Waals surface area (Å²) in [5.74, 6) is -0.562. The third kappa shape index (κ3) is 5.75. The summed E-state index contributed by atoms with van der Waals surface area (Å²) in [6.07, 6.45) is 5.90. The molecule has 0 aliphatic carbocycles. The van der Waals surface area contributed by atoms with Gasteiger partial charge in [0, 0.05) is 44.1 Å². The minimum Gasteiger partial charge on any atom is -0.461 e. The molecule has 1 fully saturated rings. The van der Waals surface area contributed by atoms with Crippen LogP contribution in [0.25, 0.3) is 0 Å². The van der Waals surface area contributed by atoms with Crippen molar-refractivity contribution in [2.24, 2.45) is 5.92 Å². The van der Waals surface area contributed by atoms with Gasteiger partial charge >= 0.3 is 5.97 Å². The second kappa shape index (κ2) is 10.9. The van der Waals surface area contributed by atoms with Crippen molar-refractivity contribution in [1.82, 2.24) is 20.2 Å². The number of carbonyl (C=O) groups is 3. The van der Waals surface area contributed by atoms with Crippen molar-refractivity contribution in [3.8, 4) is 0 Å². The first-order chi connectivity index (χ1) is 15.4. The van der Waals surface area contributed by atoms with Crippen molar-refractivity contribution in [1.29, 1.82) is 0 Å². The van der Waals surface area contributed by atoms with Gasteiger partial charge in [-0.2, -0.15) is 0 Å². The largest absolute Gasteiger partial charge is 0.461 e. The number of H-pyrrole nitrogens is 1. The normalized spacial score (nSPS) is 16.0. The van der Waals surface area contributed by atoms with E-state index in [1.807, 2.05) is 26.0 Å². The predicted molar refractivity (Wildman–Crippen MR) is 120 cm³/mol. The number of hydrogen-bond acceptors (Lipinski definition) is 5. The maximum absolute atomic E-state index is 12.9. The first-order valence-electron chi connectivity index (χ1n) is 11.2. The molecular weight excluding hydrogens is 408 g/mol. The van der Waals surface area contributed by atoms with Gasteiger partial charge in [-0.05, 0) is 62.8 Å². The van der Waals surface area contributed by atoms with Crippen molar-refractivity contribution in [2.45, 2.75) is 53.0 Å². The molecule has 2 aromatic rings. The monoisotopic (exact) mass is 440 g/mol. The van der Waals surface area contributed by atoms with Crippen molar-refractivity contribution < 1.29 is 19.1 Å². The van der Waals surface area contributed by atoms with Crippen LogP contribution in [-0.2, 0) is 27.3 Å². The van der Waals surface area contributed by atoms with Gasteiger partial charge in [0.15, 0.2) is 0 Å². The highest BCUT2D eigenvalue weighted by molar-refractivity contribution is 5.90. The Morgan fingerprint density at radius 3 is 2.84 bits per heavy atom. The number of ether oxygens (including phenoxy) is 1. The highest BCUT2D eigenvalue weighted by atomic mass is 16.5. The number of nitrogens with one attached hydrogen (secondary N) is 2. The van der Waals surface area contributed by atoms with Crippen LogP contribution in [0.5, 0.6) is 0 Å². The SMILES string of the molecule is CCOC(=O)c1[nH]c(C)c(CCC(=O)N2CCC[C@H](C(=O)NCc3cccnc3)C2)c1C. The maximum atomic E-state index is 12.9. The van der Waals surface area contributed by atoms with Gasteiger partial charge in [-0.15, -0.1) is 0 Å². The topological polar surface area (TPSA) is 104 Å². The Labute approximate surface area is 188 Å². The van der Waals surface area contributed by atoms with Gasteiger partial charge in [0.05, 0.1) is 12.5 Å². The van der Waals surface area contributed by atoms with Crippen LogP contribution in [-0.4, -0.2) is 52.3 Å². The molecule has 32 heavy (non-hydrogen) atoms. The maximum Gasteiger partial charge on any atom is 0.355 e. The van der Waals surface area contributed by atoms with E-state index in [9.17, 15) is 14.4 Å². The van der Waals surface area contributed by atoms with E-state index in [1.54, 1.807) is 24.2 Å². The first kappa shape index (κ1) is 23.5. The second-order valence-electron chi connectivity index (χ2n) is 8.21. The molecule has 0 aromatic carbocycles. The molecule has 172 valence electrons.